The van der Waals surface area contributed by atoms with Crippen LogP contribution in [0.3, 0.4) is 0 Å². The van der Waals surface area contributed by atoms with Crippen LogP contribution in [-0.4, -0.2) is 30.5 Å². The third kappa shape index (κ3) is 4.65. The number of hydrogen-bond donors (Lipinski definition) is 1. The van der Waals surface area contributed by atoms with Gasteiger partial charge in [-0.15, -0.1) is 0 Å². The van der Waals surface area contributed by atoms with E-state index in [0.29, 0.717) is 17.0 Å². The van der Waals surface area contributed by atoms with E-state index in [1.807, 2.05) is 6.07 Å². The second-order valence-electron chi connectivity index (χ2n) is 6.17. The largest absolute Gasteiger partial charge is 0.478 e. The molecule has 1 N–H and O–H groups in total. The van der Waals surface area contributed by atoms with Gasteiger partial charge in [-0.25, -0.2) is 9.80 Å². The summed E-state index contributed by atoms with van der Waals surface area (Å²) in [6.07, 6.45) is 0.598. The first kappa shape index (κ1) is 20.6. The molecule has 1 saturated heterocycles. The molecule has 1 atom stereocenters. The van der Waals surface area contributed by atoms with Gasteiger partial charge in [0.25, 0.3) is 11.8 Å². The van der Waals surface area contributed by atoms with Crippen LogP contribution in [0.1, 0.15) is 19.4 Å². The van der Waals surface area contributed by atoms with Crippen molar-refractivity contribution in [1.29, 1.82) is 0 Å². The van der Waals surface area contributed by atoms with Gasteiger partial charge in [-0.3, -0.25) is 15.0 Å². The molecule has 0 spiro atoms. The molecule has 150 valence electrons. The number of benzene rings is 2. The van der Waals surface area contributed by atoms with Crippen molar-refractivity contribution in [3.05, 3.63) is 64.1 Å². The summed E-state index contributed by atoms with van der Waals surface area (Å²) in [6.45, 7) is 3.53. The number of anilines is 1. The van der Waals surface area contributed by atoms with Crippen LogP contribution in [0.2, 0.25) is 0 Å². The molecule has 8 heteroatoms. The lowest BCUT2D eigenvalue weighted by Crippen LogP contribution is -2.35. The molecule has 3 rings (SSSR count). The highest BCUT2D eigenvalue weighted by atomic mass is 79.9. The minimum absolute atomic E-state index is 0.0411. The van der Waals surface area contributed by atoms with Gasteiger partial charge in [0, 0.05) is 10.0 Å². The Kier molecular flexibility index (Phi) is 6.33. The van der Waals surface area contributed by atoms with Gasteiger partial charge >= 0.3 is 5.97 Å². The van der Waals surface area contributed by atoms with Crippen LogP contribution in [0.4, 0.5) is 5.69 Å². The van der Waals surface area contributed by atoms with Gasteiger partial charge in [0.05, 0.1) is 12.3 Å². The van der Waals surface area contributed by atoms with Crippen LogP contribution in [-0.2, 0) is 19.1 Å². The molecule has 1 aliphatic rings. The number of amides is 2. The third-order valence-electron chi connectivity index (χ3n) is 4.10. The molecule has 0 aromatic heterocycles. The Balaban J connectivity index is 1.91. The molecule has 0 aliphatic carbocycles. The van der Waals surface area contributed by atoms with Crippen molar-refractivity contribution in [2.45, 2.75) is 20.0 Å². The Morgan fingerprint density at radius 1 is 1.21 bits per heavy atom. The SMILES string of the molecule is CCOC(=O)[C@@H](C)Oc1ccc(Br)cc1/C=C1/C(=O)NN(c2ccccc2)C1=O. The third-order valence-corrected chi connectivity index (χ3v) is 4.59. The first-order valence-electron chi connectivity index (χ1n) is 8.95. The number of carbonyl (C=O) groups is 3. The van der Waals surface area contributed by atoms with Gasteiger partial charge in [0.1, 0.15) is 11.3 Å². The van der Waals surface area contributed by atoms with Gasteiger partial charge < -0.3 is 9.47 Å². The molecule has 0 bridgehead atoms. The van der Waals surface area contributed by atoms with E-state index < -0.39 is 23.9 Å². The first-order chi connectivity index (χ1) is 13.9. The van der Waals surface area contributed by atoms with E-state index >= 15 is 0 Å². The summed E-state index contributed by atoms with van der Waals surface area (Å²) < 4.78 is 11.4. The monoisotopic (exact) mass is 458 g/mol. The van der Waals surface area contributed by atoms with Crippen molar-refractivity contribution in [2.75, 3.05) is 11.6 Å². The molecular weight excluding hydrogens is 440 g/mol. The highest BCUT2D eigenvalue weighted by Crippen LogP contribution is 2.29. The summed E-state index contributed by atoms with van der Waals surface area (Å²) in [5.74, 6) is -1.16. The maximum atomic E-state index is 12.8. The van der Waals surface area contributed by atoms with E-state index in [9.17, 15) is 14.4 Å². The number of carbonyl (C=O) groups excluding carboxylic acids is 3. The van der Waals surface area contributed by atoms with E-state index in [1.165, 1.54) is 11.1 Å². The number of nitrogens with one attached hydrogen (secondary N) is 1. The average molecular weight is 459 g/mol. The van der Waals surface area contributed by atoms with Crippen molar-refractivity contribution in [3.63, 3.8) is 0 Å². The molecule has 7 nitrogen and oxygen atoms in total. The Morgan fingerprint density at radius 2 is 1.93 bits per heavy atom. The van der Waals surface area contributed by atoms with E-state index in [2.05, 4.69) is 21.4 Å². The van der Waals surface area contributed by atoms with E-state index in [1.54, 1.807) is 56.3 Å². The number of hydrazine groups is 1. The zero-order valence-corrected chi connectivity index (χ0v) is 17.4. The fourth-order valence-corrected chi connectivity index (χ4v) is 3.09. The molecule has 0 unspecified atom stereocenters. The van der Waals surface area contributed by atoms with E-state index in [4.69, 9.17) is 9.47 Å². The van der Waals surface area contributed by atoms with Crippen molar-refractivity contribution in [1.82, 2.24) is 5.43 Å². The van der Waals surface area contributed by atoms with Crippen LogP contribution in [0.5, 0.6) is 5.75 Å². The van der Waals surface area contributed by atoms with Crippen LogP contribution in [0, 0.1) is 0 Å². The van der Waals surface area contributed by atoms with Crippen LogP contribution in [0.25, 0.3) is 6.08 Å². The van der Waals surface area contributed by atoms with Gasteiger partial charge in [0.15, 0.2) is 6.10 Å². The number of nitrogens with zero attached hydrogens (tertiary/aromatic N) is 1. The number of esters is 1. The summed E-state index contributed by atoms with van der Waals surface area (Å²) in [6, 6.07) is 13.9. The van der Waals surface area contributed by atoms with E-state index in [0.717, 1.165) is 4.47 Å². The second kappa shape index (κ2) is 8.91. The molecule has 2 amide bonds. The summed E-state index contributed by atoms with van der Waals surface area (Å²) in [5, 5.41) is 1.19. The molecule has 1 heterocycles. The molecule has 1 fully saturated rings. The van der Waals surface area contributed by atoms with Gasteiger partial charge in [-0.05, 0) is 50.3 Å². The van der Waals surface area contributed by atoms with Crippen molar-refractivity contribution in [2.24, 2.45) is 0 Å². The minimum Gasteiger partial charge on any atom is -0.478 e. The molecule has 2 aromatic rings. The van der Waals surface area contributed by atoms with Crippen molar-refractivity contribution >= 4 is 45.5 Å². The average Bonchev–Trinajstić information content (AvgIpc) is 2.99. The van der Waals surface area contributed by atoms with Gasteiger partial charge in [0.2, 0.25) is 0 Å². The lowest BCUT2D eigenvalue weighted by Gasteiger charge is -2.15. The Morgan fingerprint density at radius 3 is 2.62 bits per heavy atom. The number of halogens is 1. The zero-order chi connectivity index (χ0) is 21.0. The first-order valence-corrected chi connectivity index (χ1v) is 9.75. The Bertz CT molecular complexity index is 974. The summed E-state index contributed by atoms with van der Waals surface area (Å²) in [5.41, 5.74) is 3.54. The lowest BCUT2D eigenvalue weighted by molar-refractivity contribution is -0.150. The Labute approximate surface area is 176 Å². The minimum atomic E-state index is -0.845. The zero-order valence-electron chi connectivity index (χ0n) is 15.8. The highest BCUT2D eigenvalue weighted by molar-refractivity contribution is 9.10. The van der Waals surface area contributed by atoms with Gasteiger partial charge in [-0.2, -0.15) is 0 Å². The summed E-state index contributed by atoms with van der Waals surface area (Å²) in [7, 11) is 0. The fourth-order valence-electron chi connectivity index (χ4n) is 2.71. The quantitative estimate of drug-likeness (QED) is 0.408. The number of hydrogen-bond acceptors (Lipinski definition) is 5. The highest BCUT2D eigenvalue weighted by Gasteiger charge is 2.34. The lowest BCUT2D eigenvalue weighted by atomic mass is 10.1. The molecule has 1 aliphatic heterocycles. The predicted octanol–water partition coefficient (Wildman–Crippen LogP) is 3.24. The number of para-hydroxylation sites is 1. The maximum absolute atomic E-state index is 12.8. The fraction of sp³-hybridized carbons (Fsp3) is 0.190. The van der Waals surface area contributed by atoms with E-state index in [-0.39, 0.29) is 12.2 Å². The topological polar surface area (TPSA) is 84.9 Å². The molecular formula is C21H19BrN2O5. The van der Waals surface area contributed by atoms with Crippen LogP contribution in [0.15, 0.2) is 58.6 Å². The normalized spacial score (nSPS) is 16.0. The van der Waals surface area contributed by atoms with Gasteiger partial charge in [-0.1, -0.05) is 34.1 Å². The maximum Gasteiger partial charge on any atom is 0.347 e. The molecule has 0 saturated carbocycles. The second-order valence-corrected chi connectivity index (χ2v) is 7.09. The van der Waals surface area contributed by atoms with Crippen molar-refractivity contribution in [3.8, 4) is 5.75 Å². The standard InChI is InChI=1S/C21H19BrN2O5/c1-3-28-21(27)13(2)29-18-10-9-15(22)11-14(18)12-17-19(25)23-24(20(17)26)16-7-5-4-6-8-16/h4-13H,3H2,1-2H3,(H,23,25)/b17-12-/t13-/m1/s1. The summed E-state index contributed by atoms with van der Waals surface area (Å²) >= 11 is 3.37. The van der Waals surface area contributed by atoms with Crippen molar-refractivity contribution < 1.29 is 23.9 Å². The number of rotatable bonds is 6. The molecule has 2 aromatic carbocycles. The summed E-state index contributed by atoms with van der Waals surface area (Å²) in [4.78, 5) is 37.1. The molecule has 0 radical (unpaired) electrons. The number of ether oxygens (including phenoxy) is 2. The Hall–Kier alpha value is -3.13. The molecule has 29 heavy (non-hydrogen) atoms. The predicted molar refractivity (Wildman–Crippen MR) is 111 cm³/mol. The smallest absolute Gasteiger partial charge is 0.347 e. The van der Waals surface area contributed by atoms with Crippen LogP contribution < -0.4 is 15.2 Å². The van der Waals surface area contributed by atoms with Crippen LogP contribution >= 0.6 is 15.9 Å².